The Labute approximate surface area is 300 Å². The number of amides is 3. The van der Waals surface area contributed by atoms with Gasteiger partial charge in [-0.2, -0.15) is 4.90 Å². The lowest BCUT2D eigenvalue weighted by molar-refractivity contribution is -0.117. The van der Waals surface area contributed by atoms with Crippen molar-refractivity contribution in [3.63, 3.8) is 0 Å². The molecular weight excluding hydrogens is 731 g/mol. The molecule has 0 aromatic heterocycles. The minimum atomic E-state index is -1.53. The Kier molecular flexibility index (Phi) is 11.0. The van der Waals surface area contributed by atoms with E-state index in [9.17, 15) is 23.6 Å². The van der Waals surface area contributed by atoms with Gasteiger partial charge in [0, 0.05) is 23.6 Å². The number of Topliss-reactive ketones (excluding diaryl/α,β-unsaturated/α-hetero) is 1. The highest BCUT2D eigenvalue weighted by atomic mass is 35.5. The fraction of sp³-hybridized carbons (Fsp3) is 0.353. The van der Waals surface area contributed by atoms with E-state index in [-0.39, 0.29) is 26.2 Å². The van der Waals surface area contributed by atoms with Gasteiger partial charge in [0.15, 0.2) is 17.4 Å². The molecule has 3 aromatic rings. The van der Waals surface area contributed by atoms with Crippen LogP contribution in [0.4, 0.5) is 34.1 Å². The highest BCUT2D eigenvalue weighted by Crippen LogP contribution is 2.65. The van der Waals surface area contributed by atoms with Crippen molar-refractivity contribution in [3.8, 4) is 0 Å². The van der Waals surface area contributed by atoms with Crippen LogP contribution in [0.15, 0.2) is 48.5 Å². The van der Waals surface area contributed by atoms with Crippen LogP contribution in [-0.4, -0.2) is 39.4 Å². The standard InChI is InChI=1S/C34H31Cl4F3N2O6/c1-32(2,3)48-30(46)43(31(47)49-33(4,5)6)28-23(40)12-8-17(27(28)41)14-24(44)19-15-18(9-10-20(19)35)42-29(45)26-25(34(26,37)38)16-7-11-22(39)21(36)13-16/h7-13,15,25-26H,14H2,1-6H3,(H,42,45)/t25-,26+/m0/s1. The SMILES string of the molecule is CC(C)(C)OC(=O)N(C(=O)OC(C)(C)C)c1c(F)ccc(CC(=O)c2cc(NC(=O)[C@H]3[C@H](c4ccc(F)c(Cl)c4)C3(Cl)Cl)ccc2Cl)c1F. The number of halogens is 7. The molecule has 3 amide bonds. The van der Waals surface area contributed by atoms with Gasteiger partial charge in [0.1, 0.15) is 27.0 Å². The summed E-state index contributed by atoms with van der Waals surface area (Å²) in [6.45, 7) is 8.96. The van der Waals surface area contributed by atoms with Crippen molar-refractivity contribution in [3.05, 3.63) is 92.7 Å². The average Bonchev–Trinajstić information content (AvgIpc) is 3.54. The first-order valence-corrected chi connectivity index (χ1v) is 16.2. The number of alkyl halides is 2. The predicted octanol–water partition coefficient (Wildman–Crippen LogP) is 10.0. The van der Waals surface area contributed by atoms with Gasteiger partial charge in [0.2, 0.25) is 5.91 Å². The Hall–Kier alpha value is -3.51. The van der Waals surface area contributed by atoms with Crippen molar-refractivity contribution in [2.45, 2.75) is 69.4 Å². The molecule has 8 nitrogen and oxygen atoms in total. The summed E-state index contributed by atoms with van der Waals surface area (Å²) < 4.78 is 53.8. The minimum Gasteiger partial charge on any atom is -0.443 e. The van der Waals surface area contributed by atoms with Crippen molar-refractivity contribution in [1.29, 1.82) is 0 Å². The number of carbonyl (C=O) groups excluding carboxylic acids is 4. The Morgan fingerprint density at radius 2 is 1.39 bits per heavy atom. The van der Waals surface area contributed by atoms with Crippen molar-refractivity contribution in [2.24, 2.45) is 5.92 Å². The van der Waals surface area contributed by atoms with E-state index >= 15 is 8.78 Å². The number of ether oxygens (including phenoxy) is 2. The fourth-order valence-corrected chi connectivity index (χ4v) is 6.12. The summed E-state index contributed by atoms with van der Waals surface area (Å²) in [5, 5.41) is 2.40. The molecule has 2 atom stereocenters. The van der Waals surface area contributed by atoms with E-state index in [2.05, 4.69) is 5.32 Å². The Bertz CT molecular complexity index is 1810. The Balaban J connectivity index is 1.60. The Morgan fingerprint density at radius 1 is 0.816 bits per heavy atom. The third-order valence-corrected chi connectivity index (χ3v) is 8.61. The zero-order chi connectivity index (χ0) is 36.8. The summed E-state index contributed by atoms with van der Waals surface area (Å²) in [7, 11) is 0. The molecule has 1 aliphatic rings. The van der Waals surface area contributed by atoms with Crippen LogP contribution in [0.2, 0.25) is 10.0 Å². The largest absolute Gasteiger partial charge is 0.443 e. The average molecular weight is 762 g/mol. The van der Waals surface area contributed by atoms with E-state index in [0.717, 1.165) is 18.2 Å². The van der Waals surface area contributed by atoms with Gasteiger partial charge in [-0.15, -0.1) is 23.2 Å². The van der Waals surface area contributed by atoms with E-state index in [1.54, 1.807) is 0 Å². The van der Waals surface area contributed by atoms with E-state index in [1.165, 1.54) is 71.9 Å². The van der Waals surface area contributed by atoms with Crippen LogP contribution in [0.1, 0.15) is 68.9 Å². The van der Waals surface area contributed by atoms with Crippen molar-refractivity contribution >= 4 is 81.7 Å². The maximum Gasteiger partial charge on any atom is 0.424 e. The number of nitrogens with one attached hydrogen (secondary N) is 1. The molecule has 0 saturated heterocycles. The summed E-state index contributed by atoms with van der Waals surface area (Å²) in [5.74, 6) is -6.39. The summed E-state index contributed by atoms with van der Waals surface area (Å²) in [4.78, 5) is 52.8. The molecule has 262 valence electrons. The number of nitrogens with zero attached hydrogens (tertiary/aromatic N) is 1. The molecule has 0 bridgehead atoms. The third kappa shape index (κ3) is 8.81. The van der Waals surface area contributed by atoms with Crippen molar-refractivity contribution in [2.75, 3.05) is 10.2 Å². The number of rotatable bonds is 7. The monoisotopic (exact) mass is 760 g/mol. The van der Waals surface area contributed by atoms with Gasteiger partial charge in [-0.25, -0.2) is 22.8 Å². The molecule has 1 aliphatic carbocycles. The molecule has 0 spiro atoms. The maximum atomic E-state index is 16.0. The number of ketones is 1. The number of hydrogen-bond donors (Lipinski definition) is 1. The molecule has 0 aliphatic heterocycles. The van der Waals surface area contributed by atoms with Crippen LogP contribution in [0, 0.1) is 23.4 Å². The van der Waals surface area contributed by atoms with E-state index in [0.29, 0.717) is 5.56 Å². The smallest absolute Gasteiger partial charge is 0.424 e. The summed E-state index contributed by atoms with van der Waals surface area (Å²) >= 11 is 25.0. The van der Waals surface area contributed by atoms with E-state index in [1.807, 2.05) is 0 Å². The predicted molar refractivity (Wildman–Crippen MR) is 181 cm³/mol. The lowest BCUT2D eigenvalue weighted by Crippen LogP contribution is -2.44. The third-order valence-electron chi connectivity index (χ3n) is 7.05. The topological polar surface area (TPSA) is 102 Å². The van der Waals surface area contributed by atoms with Gasteiger partial charge in [0.05, 0.1) is 16.0 Å². The fourth-order valence-electron chi connectivity index (χ4n) is 4.87. The summed E-state index contributed by atoms with van der Waals surface area (Å²) in [5.41, 5.74) is -3.38. The molecule has 3 aromatic carbocycles. The number of imide groups is 1. The van der Waals surface area contributed by atoms with Crippen LogP contribution in [0.25, 0.3) is 0 Å². The van der Waals surface area contributed by atoms with Crippen LogP contribution in [0.3, 0.4) is 0 Å². The second-order valence-electron chi connectivity index (χ2n) is 13.3. The second kappa shape index (κ2) is 14.0. The second-order valence-corrected chi connectivity index (χ2v) is 15.5. The van der Waals surface area contributed by atoms with E-state index in [4.69, 9.17) is 55.9 Å². The molecule has 0 unspecified atom stereocenters. The number of carbonyl (C=O) groups is 4. The molecule has 15 heteroatoms. The first kappa shape index (κ1) is 38.3. The Morgan fingerprint density at radius 3 is 1.94 bits per heavy atom. The first-order valence-electron chi connectivity index (χ1n) is 14.7. The highest BCUT2D eigenvalue weighted by Gasteiger charge is 2.67. The number of benzene rings is 3. The highest BCUT2D eigenvalue weighted by molar-refractivity contribution is 6.53. The lowest BCUT2D eigenvalue weighted by atomic mass is 10.0. The van der Waals surface area contributed by atoms with E-state index < -0.39 is 86.4 Å². The van der Waals surface area contributed by atoms with Gasteiger partial charge in [-0.3, -0.25) is 9.59 Å². The first-order chi connectivity index (χ1) is 22.5. The molecule has 0 heterocycles. The van der Waals surface area contributed by atoms with Crippen LogP contribution in [0.5, 0.6) is 0 Å². The van der Waals surface area contributed by atoms with Gasteiger partial charge < -0.3 is 14.8 Å². The molecule has 1 saturated carbocycles. The maximum absolute atomic E-state index is 16.0. The lowest BCUT2D eigenvalue weighted by Gasteiger charge is -2.29. The molecule has 1 N–H and O–H groups in total. The normalized spacial score (nSPS) is 16.8. The number of anilines is 2. The van der Waals surface area contributed by atoms with Crippen molar-refractivity contribution < 1.29 is 41.8 Å². The van der Waals surface area contributed by atoms with Gasteiger partial charge in [0.25, 0.3) is 0 Å². The molecule has 4 rings (SSSR count). The van der Waals surface area contributed by atoms with Crippen LogP contribution in [-0.2, 0) is 20.7 Å². The zero-order valence-corrected chi connectivity index (χ0v) is 30.0. The summed E-state index contributed by atoms with van der Waals surface area (Å²) in [6, 6.07) is 9.60. The van der Waals surface area contributed by atoms with Crippen molar-refractivity contribution in [1.82, 2.24) is 0 Å². The molecule has 49 heavy (non-hydrogen) atoms. The molecular formula is C34H31Cl4F3N2O6. The quantitative estimate of drug-likeness (QED) is 0.190. The summed E-state index contributed by atoms with van der Waals surface area (Å²) in [6.07, 6.45) is -3.52. The van der Waals surface area contributed by atoms with Crippen LogP contribution >= 0.6 is 46.4 Å². The van der Waals surface area contributed by atoms with Gasteiger partial charge in [-0.1, -0.05) is 35.3 Å². The minimum absolute atomic E-state index is 0.0517. The number of hydrogen-bond acceptors (Lipinski definition) is 6. The molecule has 0 radical (unpaired) electrons. The van der Waals surface area contributed by atoms with Gasteiger partial charge in [-0.05, 0) is 89.1 Å². The van der Waals surface area contributed by atoms with Gasteiger partial charge >= 0.3 is 12.2 Å². The molecule has 1 fully saturated rings. The zero-order valence-electron chi connectivity index (χ0n) is 27.0. The van der Waals surface area contributed by atoms with Crippen LogP contribution < -0.4 is 10.2 Å².